The third-order valence-electron chi connectivity index (χ3n) is 3.94. The molecule has 4 atom stereocenters. The SMILES string of the molecule is COCOCc1nc2c(ncn2[C@@H]2O[C@H](COP(=O)(O)O)[C@@H](O)[C@H]2O)c(=O)[nH]1. The summed E-state index contributed by atoms with van der Waals surface area (Å²) in [7, 11) is -3.35. The van der Waals surface area contributed by atoms with Gasteiger partial charge < -0.3 is 39.2 Å². The molecule has 0 amide bonds. The van der Waals surface area contributed by atoms with E-state index < -0.39 is 44.5 Å². The van der Waals surface area contributed by atoms with Gasteiger partial charge in [-0.2, -0.15) is 0 Å². The Morgan fingerprint density at radius 2 is 2.11 bits per heavy atom. The van der Waals surface area contributed by atoms with E-state index in [2.05, 4.69) is 19.5 Å². The normalized spacial score (nSPS) is 25.6. The van der Waals surface area contributed by atoms with Crippen LogP contribution in [0.2, 0.25) is 0 Å². The summed E-state index contributed by atoms with van der Waals surface area (Å²) in [5.74, 6) is 0.172. The Balaban J connectivity index is 1.86. The fourth-order valence-corrected chi connectivity index (χ4v) is 3.06. The highest BCUT2D eigenvalue weighted by Gasteiger charge is 2.45. The van der Waals surface area contributed by atoms with Crippen LogP contribution >= 0.6 is 7.82 Å². The maximum Gasteiger partial charge on any atom is 0.469 e. The van der Waals surface area contributed by atoms with Crippen LogP contribution in [0.4, 0.5) is 0 Å². The second-order valence-electron chi connectivity index (χ2n) is 5.92. The zero-order valence-electron chi connectivity index (χ0n) is 14.5. The molecule has 28 heavy (non-hydrogen) atoms. The van der Waals surface area contributed by atoms with Gasteiger partial charge in [0.2, 0.25) is 0 Å². The second kappa shape index (κ2) is 8.32. The van der Waals surface area contributed by atoms with Gasteiger partial charge in [-0.25, -0.2) is 14.5 Å². The van der Waals surface area contributed by atoms with Crippen LogP contribution in [-0.2, 0) is 29.9 Å². The van der Waals surface area contributed by atoms with Gasteiger partial charge in [-0.3, -0.25) is 13.9 Å². The van der Waals surface area contributed by atoms with Crippen LogP contribution < -0.4 is 5.56 Å². The minimum atomic E-state index is -4.78. The first kappa shape index (κ1) is 21.0. The van der Waals surface area contributed by atoms with Crippen molar-refractivity contribution in [2.75, 3.05) is 20.5 Å². The van der Waals surface area contributed by atoms with Crippen molar-refractivity contribution in [3.8, 4) is 0 Å². The third-order valence-corrected chi connectivity index (χ3v) is 4.43. The Labute approximate surface area is 156 Å². The average molecular weight is 422 g/mol. The fourth-order valence-electron chi connectivity index (χ4n) is 2.72. The molecule has 0 saturated carbocycles. The van der Waals surface area contributed by atoms with Crippen molar-refractivity contribution in [3.05, 3.63) is 22.5 Å². The highest BCUT2D eigenvalue weighted by atomic mass is 31.2. The highest BCUT2D eigenvalue weighted by molar-refractivity contribution is 7.46. The lowest BCUT2D eigenvalue weighted by atomic mass is 10.1. The van der Waals surface area contributed by atoms with Crippen LogP contribution in [0.25, 0.3) is 11.2 Å². The van der Waals surface area contributed by atoms with Gasteiger partial charge in [-0.15, -0.1) is 0 Å². The van der Waals surface area contributed by atoms with E-state index in [1.165, 1.54) is 18.0 Å². The summed E-state index contributed by atoms with van der Waals surface area (Å²) in [6, 6.07) is 0. The molecule has 0 bridgehead atoms. The van der Waals surface area contributed by atoms with E-state index in [1.54, 1.807) is 0 Å². The molecule has 156 valence electrons. The molecule has 3 rings (SSSR count). The molecular weight excluding hydrogens is 403 g/mol. The van der Waals surface area contributed by atoms with E-state index >= 15 is 0 Å². The predicted octanol–water partition coefficient (Wildman–Crippen LogP) is -2.03. The Kier molecular flexibility index (Phi) is 6.24. The van der Waals surface area contributed by atoms with E-state index in [0.717, 1.165) is 0 Å². The molecule has 1 fully saturated rings. The monoisotopic (exact) mass is 422 g/mol. The molecule has 1 aliphatic rings. The van der Waals surface area contributed by atoms with Crippen LogP contribution in [0.3, 0.4) is 0 Å². The molecule has 5 N–H and O–H groups in total. The van der Waals surface area contributed by atoms with Crippen molar-refractivity contribution < 1.29 is 43.3 Å². The number of hydrogen-bond acceptors (Lipinski definition) is 10. The van der Waals surface area contributed by atoms with Crippen molar-refractivity contribution in [1.82, 2.24) is 19.5 Å². The number of methoxy groups -OCH3 is 1. The third kappa shape index (κ3) is 4.46. The van der Waals surface area contributed by atoms with E-state index in [1.807, 2.05) is 0 Å². The number of nitrogens with zero attached hydrogens (tertiary/aromatic N) is 3. The fraction of sp³-hybridized carbons (Fsp3) is 0.615. The maximum absolute atomic E-state index is 12.2. The summed E-state index contributed by atoms with van der Waals surface area (Å²) in [5, 5.41) is 20.4. The van der Waals surface area contributed by atoms with Crippen LogP contribution in [0, 0.1) is 0 Å². The summed E-state index contributed by atoms with van der Waals surface area (Å²) < 4.78 is 31.7. The van der Waals surface area contributed by atoms with Gasteiger partial charge in [0.15, 0.2) is 17.4 Å². The zero-order chi connectivity index (χ0) is 20.5. The molecule has 1 aliphatic heterocycles. The van der Waals surface area contributed by atoms with Crippen molar-refractivity contribution in [2.24, 2.45) is 0 Å². The molecule has 0 spiro atoms. The minimum absolute atomic E-state index is 0.0150. The Hall–Kier alpha value is -1.74. The number of fused-ring (bicyclic) bond motifs is 1. The summed E-state index contributed by atoms with van der Waals surface area (Å²) in [6.45, 7) is -0.728. The lowest BCUT2D eigenvalue weighted by molar-refractivity contribution is -0.0505. The summed E-state index contributed by atoms with van der Waals surface area (Å²) in [6.07, 6.45) is -4.24. The standard InChI is InChI=1S/C13H19N4O10P/c1-24-5-25-3-7-15-11-8(12(20)16-7)14-4-17(11)13-10(19)9(18)6(27-13)2-26-28(21,22)23/h4,6,9-10,13,18-19H,2-3,5H2,1H3,(H,15,16,20)(H2,21,22,23)/t6-,9-,10-,13-/m1/s1. The first-order valence-corrected chi connectivity index (χ1v) is 9.48. The molecule has 3 heterocycles. The van der Waals surface area contributed by atoms with E-state index in [-0.39, 0.29) is 30.4 Å². The number of imidazole rings is 1. The van der Waals surface area contributed by atoms with E-state index in [4.69, 9.17) is 24.0 Å². The molecule has 0 unspecified atom stereocenters. The topological polar surface area (TPSA) is 198 Å². The van der Waals surface area contributed by atoms with Gasteiger partial charge in [0.25, 0.3) is 5.56 Å². The molecule has 14 nitrogen and oxygen atoms in total. The summed E-state index contributed by atoms with van der Waals surface area (Å²) in [4.78, 5) is 40.4. The van der Waals surface area contributed by atoms with Gasteiger partial charge >= 0.3 is 7.82 Å². The number of H-pyrrole nitrogens is 1. The molecule has 0 aliphatic carbocycles. The molecule has 2 aromatic heterocycles. The van der Waals surface area contributed by atoms with E-state index in [0.29, 0.717) is 0 Å². The summed E-state index contributed by atoms with van der Waals surface area (Å²) >= 11 is 0. The molecule has 0 aromatic carbocycles. The predicted molar refractivity (Wildman–Crippen MR) is 88.7 cm³/mol. The van der Waals surface area contributed by atoms with Crippen LogP contribution in [-0.4, -0.2) is 78.3 Å². The number of phosphoric ester groups is 1. The Morgan fingerprint density at radius 3 is 2.79 bits per heavy atom. The Morgan fingerprint density at radius 1 is 1.36 bits per heavy atom. The lowest BCUT2D eigenvalue weighted by Crippen LogP contribution is -2.33. The highest BCUT2D eigenvalue weighted by Crippen LogP contribution is 2.38. The number of nitrogens with one attached hydrogen (secondary N) is 1. The van der Waals surface area contributed by atoms with Gasteiger partial charge in [0, 0.05) is 7.11 Å². The molecule has 1 saturated heterocycles. The first-order valence-electron chi connectivity index (χ1n) is 7.95. The van der Waals surface area contributed by atoms with Crippen molar-refractivity contribution >= 4 is 19.0 Å². The van der Waals surface area contributed by atoms with Crippen LogP contribution in [0.15, 0.2) is 11.1 Å². The van der Waals surface area contributed by atoms with E-state index in [9.17, 15) is 19.6 Å². The summed E-state index contributed by atoms with van der Waals surface area (Å²) in [5.41, 5.74) is -0.516. The maximum atomic E-state index is 12.2. The molecule has 0 radical (unpaired) electrons. The van der Waals surface area contributed by atoms with Gasteiger partial charge in [0.05, 0.1) is 12.9 Å². The van der Waals surface area contributed by atoms with Crippen LogP contribution in [0.5, 0.6) is 0 Å². The molecular formula is C13H19N4O10P. The number of aliphatic hydroxyl groups excluding tert-OH is 2. The number of aliphatic hydroxyl groups is 2. The Bertz CT molecular complexity index is 926. The number of rotatable bonds is 8. The van der Waals surface area contributed by atoms with Crippen molar-refractivity contribution in [3.63, 3.8) is 0 Å². The zero-order valence-corrected chi connectivity index (χ0v) is 15.4. The van der Waals surface area contributed by atoms with Gasteiger partial charge in [0.1, 0.15) is 37.5 Å². The number of aromatic amines is 1. The largest absolute Gasteiger partial charge is 0.469 e. The van der Waals surface area contributed by atoms with Gasteiger partial charge in [-0.1, -0.05) is 0 Å². The quantitative estimate of drug-likeness (QED) is 0.178. The van der Waals surface area contributed by atoms with Crippen LogP contribution in [0.1, 0.15) is 12.1 Å². The lowest BCUT2D eigenvalue weighted by Gasteiger charge is -2.16. The van der Waals surface area contributed by atoms with Crippen molar-refractivity contribution in [1.29, 1.82) is 0 Å². The number of phosphoric acid groups is 1. The van der Waals surface area contributed by atoms with Crippen molar-refractivity contribution in [2.45, 2.75) is 31.1 Å². The second-order valence-corrected chi connectivity index (χ2v) is 7.16. The number of ether oxygens (including phenoxy) is 3. The molecule has 15 heteroatoms. The smallest absolute Gasteiger partial charge is 0.387 e. The first-order chi connectivity index (χ1) is 13.2. The number of hydrogen-bond donors (Lipinski definition) is 5. The van der Waals surface area contributed by atoms with Gasteiger partial charge in [-0.05, 0) is 0 Å². The molecule has 2 aromatic rings. The minimum Gasteiger partial charge on any atom is -0.387 e. The average Bonchev–Trinajstić information content (AvgIpc) is 3.15. The number of aromatic nitrogens is 4.